The molecule has 0 aliphatic carbocycles. The van der Waals surface area contributed by atoms with Crippen molar-refractivity contribution in [2.75, 3.05) is 19.5 Å². The predicted octanol–water partition coefficient (Wildman–Crippen LogP) is 3.36. The second kappa shape index (κ2) is 8.73. The number of hydrogen-bond acceptors (Lipinski definition) is 4. The molecule has 2 aromatic rings. The molecule has 0 aliphatic rings. The fraction of sp³-hybridized carbons (Fsp3) is 0.263. The van der Waals surface area contributed by atoms with Gasteiger partial charge in [0.25, 0.3) is 5.91 Å². The van der Waals surface area contributed by atoms with Gasteiger partial charge >= 0.3 is 5.97 Å². The monoisotopic (exact) mass is 343 g/mol. The Morgan fingerprint density at radius 1 is 1.04 bits per heavy atom. The fourth-order valence-electron chi connectivity index (χ4n) is 2.38. The Balaban J connectivity index is 2.02. The largest absolute Gasteiger partial charge is 0.497 e. The normalized spacial score (nSPS) is 10.2. The number of benzene rings is 2. The van der Waals surface area contributed by atoms with Gasteiger partial charge in [0.1, 0.15) is 11.5 Å². The van der Waals surface area contributed by atoms with Gasteiger partial charge in [-0.3, -0.25) is 9.59 Å². The molecule has 0 bridgehead atoms. The molecule has 132 valence electrons. The van der Waals surface area contributed by atoms with Gasteiger partial charge in [-0.2, -0.15) is 0 Å². The number of carboxylic acid groups (broad SMARTS) is 1. The molecule has 1 amide bonds. The summed E-state index contributed by atoms with van der Waals surface area (Å²) in [5.74, 6) is -0.0308. The lowest BCUT2D eigenvalue weighted by Gasteiger charge is -2.11. The summed E-state index contributed by atoms with van der Waals surface area (Å²) < 4.78 is 10.4. The average molecular weight is 343 g/mol. The van der Waals surface area contributed by atoms with Gasteiger partial charge in [-0.25, -0.2) is 0 Å². The van der Waals surface area contributed by atoms with Crippen LogP contribution >= 0.6 is 0 Å². The number of ether oxygens (including phenoxy) is 2. The molecule has 0 aromatic heterocycles. The lowest BCUT2D eigenvalue weighted by molar-refractivity contribution is -0.137. The van der Waals surface area contributed by atoms with Crippen molar-refractivity contribution in [3.05, 3.63) is 53.6 Å². The highest BCUT2D eigenvalue weighted by atomic mass is 16.5. The molecule has 6 heteroatoms. The fourth-order valence-corrected chi connectivity index (χ4v) is 2.38. The Labute approximate surface area is 146 Å². The number of anilines is 1. The van der Waals surface area contributed by atoms with E-state index in [0.717, 1.165) is 5.56 Å². The highest BCUT2D eigenvalue weighted by molar-refractivity contribution is 6.06. The predicted molar refractivity (Wildman–Crippen MR) is 94.5 cm³/mol. The van der Waals surface area contributed by atoms with Crippen LogP contribution in [-0.4, -0.2) is 31.2 Å². The zero-order valence-electron chi connectivity index (χ0n) is 14.2. The van der Waals surface area contributed by atoms with Gasteiger partial charge in [0.05, 0.1) is 19.8 Å². The molecule has 0 fully saturated rings. The number of rotatable bonds is 8. The first kappa shape index (κ1) is 18.3. The molecular formula is C19H21NO5. The summed E-state index contributed by atoms with van der Waals surface area (Å²) in [5, 5.41) is 11.5. The Bertz CT molecular complexity index is 740. The van der Waals surface area contributed by atoms with Crippen LogP contribution < -0.4 is 14.8 Å². The van der Waals surface area contributed by atoms with E-state index < -0.39 is 5.97 Å². The van der Waals surface area contributed by atoms with E-state index in [1.807, 2.05) is 12.1 Å². The molecule has 2 N–H and O–H groups in total. The Morgan fingerprint density at radius 2 is 1.76 bits per heavy atom. The summed E-state index contributed by atoms with van der Waals surface area (Å²) in [6, 6.07) is 12.3. The van der Waals surface area contributed by atoms with Crippen molar-refractivity contribution >= 4 is 17.6 Å². The molecule has 0 spiro atoms. The smallest absolute Gasteiger partial charge is 0.303 e. The molecule has 0 heterocycles. The Morgan fingerprint density at radius 3 is 2.36 bits per heavy atom. The summed E-state index contributed by atoms with van der Waals surface area (Å²) in [6.07, 6.45) is 1.42. The maximum atomic E-state index is 12.4. The van der Waals surface area contributed by atoms with E-state index in [2.05, 4.69) is 5.32 Å². The number of aliphatic carboxylic acids is 1. The third-order valence-corrected chi connectivity index (χ3v) is 3.72. The molecule has 0 saturated carbocycles. The van der Waals surface area contributed by atoms with Crippen LogP contribution in [0, 0.1) is 0 Å². The number of hydrogen-bond donors (Lipinski definition) is 2. The topological polar surface area (TPSA) is 84.9 Å². The van der Waals surface area contributed by atoms with E-state index in [1.165, 1.54) is 7.11 Å². The minimum absolute atomic E-state index is 0.149. The third-order valence-electron chi connectivity index (χ3n) is 3.72. The zero-order valence-corrected chi connectivity index (χ0v) is 14.2. The summed E-state index contributed by atoms with van der Waals surface area (Å²) in [7, 11) is 3.05. The lowest BCUT2D eigenvalue weighted by atomic mass is 10.1. The summed E-state index contributed by atoms with van der Waals surface area (Å²) in [5.41, 5.74) is 2.10. The van der Waals surface area contributed by atoms with Crippen molar-refractivity contribution in [2.45, 2.75) is 19.3 Å². The van der Waals surface area contributed by atoms with E-state index in [4.69, 9.17) is 14.6 Å². The van der Waals surface area contributed by atoms with Crippen LogP contribution in [-0.2, 0) is 11.2 Å². The number of carbonyl (C=O) groups excluding carboxylic acids is 1. The number of methoxy groups -OCH3 is 2. The second-order valence-electron chi connectivity index (χ2n) is 5.46. The van der Waals surface area contributed by atoms with E-state index in [9.17, 15) is 9.59 Å². The molecular weight excluding hydrogens is 322 g/mol. The molecule has 0 saturated heterocycles. The van der Waals surface area contributed by atoms with Crippen molar-refractivity contribution in [3.8, 4) is 11.5 Å². The number of carboxylic acids is 1. The maximum absolute atomic E-state index is 12.4. The first-order chi connectivity index (χ1) is 12.0. The van der Waals surface area contributed by atoms with Crippen LogP contribution in [0.1, 0.15) is 28.8 Å². The minimum Gasteiger partial charge on any atom is -0.497 e. The molecule has 2 aromatic carbocycles. The number of aryl methyl sites for hydroxylation is 1. The first-order valence-electron chi connectivity index (χ1n) is 7.87. The summed E-state index contributed by atoms with van der Waals surface area (Å²) >= 11 is 0. The molecule has 25 heavy (non-hydrogen) atoms. The van der Waals surface area contributed by atoms with E-state index in [-0.39, 0.29) is 12.3 Å². The molecule has 6 nitrogen and oxygen atoms in total. The van der Waals surface area contributed by atoms with E-state index >= 15 is 0 Å². The Hall–Kier alpha value is -3.02. The van der Waals surface area contributed by atoms with Crippen LogP contribution in [0.2, 0.25) is 0 Å². The highest BCUT2D eigenvalue weighted by Crippen LogP contribution is 2.25. The van der Waals surface area contributed by atoms with E-state index in [0.29, 0.717) is 35.6 Å². The number of nitrogens with one attached hydrogen (secondary N) is 1. The van der Waals surface area contributed by atoms with Gasteiger partial charge in [-0.05, 0) is 42.7 Å². The van der Waals surface area contributed by atoms with Crippen molar-refractivity contribution in [2.24, 2.45) is 0 Å². The molecule has 0 aliphatic heterocycles. The summed E-state index contributed by atoms with van der Waals surface area (Å²) in [6.45, 7) is 0. The van der Waals surface area contributed by atoms with Crippen molar-refractivity contribution < 1.29 is 24.2 Å². The molecule has 2 rings (SSSR count). The van der Waals surface area contributed by atoms with Crippen molar-refractivity contribution in [1.82, 2.24) is 0 Å². The highest BCUT2D eigenvalue weighted by Gasteiger charge is 2.13. The van der Waals surface area contributed by atoms with E-state index in [1.54, 1.807) is 37.4 Å². The second-order valence-corrected chi connectivity index (χ2v) is 5.46. The van der Waals surface area contributed by atoms with Gasteiger partial charge in [0, 0.05) is 18.2 Å². The Kier molecular flexibility index (Phi) is 6.39. The summed E-state index contributed by atoms with van der Waals surface area (Å²) in [4.78, 5) is 23.0. The quantitative estimate of drug-likeness (QED) is 0.768. The molecule has 0 atom stereocenters. The van der Waals surface area contributed by atoms with Gasteiger partial charge in [0.15, 0.2) is 0 Å². The van der Waals surface area contributed by atoms with Crippen LogP contribution in [0.3, 0.4) is 0 Å². The van der Waals surface area contributed by atoms with Gasteiger partial charge < -0.3 is 19.9 Å². The third kappa shape index (κ3) is 5.24. The van der Waals surface area contributed by atoms with Crippen molar-refractivity contribution in [1.29, 1.82) is 0 Å². The van der Waals surface area contributed by atoms with Gasteiger partial charge in [0.2, 0.25) is 0 Å². The first-order valence-corrected chi connectivity index (χ1v) is 7.87. The maximum Gasteiger partial charge on any atom is 0.303 e. The molecule has 0 unspecified atom stereocenters. The minimum atomic E-state index is -0.794. The zero-order chi connectivity index (χ0) is 18.2. The standard InChI is InChI=1S/C19H21NO5/c1-24-15-10-11-16(17(12-15)25-2)19(23)20-14-8-6-13(7-9-14)4-3-5-18(21)22/h6-12H,3-5H2,1-2H3,(H,20,23)(H,21,22). The molecule has 0 radical (unpaired) electrons. The van der Waals surface area contributed by atoms with Crippen LogP contribution in [0.25, 0.3) is 0 Å². The number of carbonyl (C=O) groups is 2. The number of amides is 1. The van der Waals surface area contributed by atoms with Gasteiger partial charge in [-0.1, -0.05) is 12.1 Å². The van der Waals surface area contributed by atoms with Crippen molar-refractivity contribution in [3.63, 3.8) is 0 Å². The van der Waals surface area contributed by atoms with Crippen LogP contribution in [0.15, 0.2) is 42.5 Å². The van der Waals surface area contributed by atoms with Crippen LogP contribution in [0.5, 0.6) is 11.5 Å². The average Bonchev–Trinajstić information content (AvgIpc) is 2.62. The van der Waals surface area contributed by atoms with Gasteiger partial charge in [-0.15, -0.1) is 0 Å². The lowest BCUT2D eigenvalue weighted by Crippen LogP contribution is -2.13. The SMILES string of the molecule is COc1ccc(C(=O)Nc2ccc(CCCC(=O)O)cc2)c(OC)c1. The van der Waals surface area contributed by atoms with Crippen LogP contribution in [0.4, 0.5) is 5.69 Å².